The molecule has 0 aromatic heterocycles. The normalized spacial score (nSPS) is 14.3. The van der Waals surface area contributed by atoms with Crippen molar-refractivity contribution in [1.82, 2.24) is 0 Å². The molecule has 0 rings (SSSR count). The van der Waals surface area contributed by atoms with E-state index < -0.39 is 97.5 Å². The number of hydrogen-bond acceptors (Lipinski definition) is 15. The number of unbranched alkanes of at least 4 members (excludes halogenated alkanes) is 33. The Balaban J connectivity index is 5.21. The number of ether oxygens (including phenoxy) is 4. The summed E-state index contributed by atoms with van der Waals surface area (Å²) >= 11 is 0. The van der Waals surface area contributed by atoms with Crippen LogP contribution in [0.4, 0.5) is 0 Å². The van der Waals surface area contributed by atoms with Crippen LogP contribution in [-0.4, -0.2) is 96.7 Å². The van der Waals surface area contributed by atoms with Crippen LogP contribution >= 0.6 is 15.6 Å². The molecule has 0 aliphatic rings. The number of esters is 4. The highest BCUT2D eigenvalue weighted by molar-refractivity contribution is 7.47. The highest BCUT2D eigenvalue weighted by Gasteiger charge is 2.30. The van der Waals surface area contributed by atoms with Gasteiger partial charge in [-0.15, -0.1) is 0 Å². The number of aliphatic hydroxyl groups excluding tert-OH is 1. The van der Waals surface area contributed by atoms with E-state index in [1.807, 2.05) is 0 Å². The molecule has 0 aliphatic heterocycles. The molecule has 0 aromatic carbocycles. The Morgan fingerprint density at radius 1 is 0.325 bits per heavy atom. The summed E-state index contributed by atoms with van der Waals surface area (Å²) < 4.78 is 67.9. The molecule has 0 saturated heterocycles. The number of rotatable bonds is 63. The van der Waals surface area contributed by atoms with Gasteiger partial charge in [0.05, 0.1) is 26.4 Å². The van der Waals surface area contributed by atoms with E-state index >= 15 is 0 Å². The number of phosphoric ester groups is 2. The summed E-state index contributed by atoms with van der Waals surface area (Å²) in [5, 5.41) is 10.5. The average molecular weight is 1230 g/mol. The van der Waals surface area contributed by atoms with Crippen molar-refractivity contribution in [2.45, 2.75) is 336 Å². The first-order chi connectivity index (χ1) is 39.9. The van der Waals surface area contributed by atoms with E-state index in [9.17, 15) is 43.2 Å². The number of aliphatic hydroxyl groups is 1. The number of carbonyl (C=O) groups excluding carboxylic acids is 4. The van der Waals surface area contributed by atoms with Crippen LogP contribution in [0.5, 0.6) is 0 Å². The maximum atomic E-state index is 13.0. The molecule has 17 nitrogen and oxygen atoms in total. The lowest BCUT2D eigenvalue weighted by Gasteiger charge is -2.21. The topological polar surface area (TPSA) is 237 Å². The van der Waals surface area contributed by atoms with Crippen molar-refractivity contribution in [3.8, 4) is 0 Å². The molecule has 0 bridgehead atoms. The summed E-state index contributed by atoms with van der Waals surface area (Å²) in [5.41, 5.74) is 0. The monoisotopic (exact) mass is 1230 g/mol. The maximum Gasteiger partial charge on any atom is 0.472 e. The third kappa shape index (κ3) is 58.8. The van der Waals surface area contributed by atoms with Gasteiger partial charge in [-0.05, 0) is 37.5 Å². The van der Waals surface area contributed by atoms with Crippen molar-refractivity contribution < 1.29 is 80.2 Å². The first-order valence-electron chi connectivity index (χ1n) is 33.5. The lowest BCUT2D eigenvalue weighted by Crippen LogP contribution is -2.30. The molecule has 5 atom stereocenters. The summed E-state index contributed by atoms with van der Waals surface area (Å²) in [6.45, 7) is 9.39. The molecule has 19 heteroatoms. The smallest absolute Gasteiger partial charge is 0.462 e. The van der Waals surface area contributed by atoms with Gasteiger partial charge in [0.1, 0.15) is 19.3 Å². The fraction of sp³-hybridized carbons (Fsp3) is 0.938. The molecular weight excluding hydrogens is 1100 g/mol. The second kappa shape index (κ2) is 56.6. The van der Waals surface area contributed by atoms with E-state index in [-0.39, 0.29) is 25.7 Å². The molecule has 492 valence electrons. The molecule has 0 aromatic rings. The minimum absolute atomic E-state index is 0.102. The van der Waals surface area contributed by atoms with Gasteiger partial charge < -0.3 is 33.8 Å². The number of phosphoric acid groups is 2. The van der Waals surface area contributed by atoms with Crippen molar-refractivity contribution in [3.63, 3.8) is 0 Å². The molecule has 0 fully saturated rings. The van der Waals surface area contributed by atoms with Gasteiger partial charge in [0.25, 0.3) is 0 Å². The third-order valence-corrected chi connectivity index (χ3v) is 16.6. The minimum Gasteiger partial charge on any atom is -0.462 e. The Morgan fingerprint density at radius 2 is 0.554 bits per heavy atom. The van der Waals surface area contributed by atoms with Crippen LogP contribution in [0.25, 0.3) is 0 Å². The van der Waals surface area contributed by atoms with Gasteiger partial charge in [-0.3, -0.25) is 37.3 Å². The molecule has 0 radical (unpaired) electrons. The van der Waals surface area contributed by atoms with E-state index in [4.69, 9.17) is 37.0 Å². The molecule has 2 unspecified atom stereocenters. The Bertz CT molecular complexity index is 1630. The lowest BCUT2D eigenvalue weighted by atomic mass is 10.0. The maximum absolute atomic E-state index is 13.0. The lowest BCUT2D eigenvalue weighted by molar-refractivity contribution is -0.161. The van der Waals surface area contributed by atoms with E-state index in [1.165, 1.54) is 135 Å². The van der Waals surface area contributed by atoms with Crippen LogP contribution in [0.3, 0.4) is 0 Å². The first-order valence-corrected chi connectivity index (χ1v) is 36.5. The molecular formula is C64H124O17P2. The summed E-state index contributed by atoms with van der Waals surface area (Å²) in [6, 6.07) is 0. The zero-order valence-corrected chi connectivity index (χ0v) is 55.3. The minimum atomic E-state index is -4.94. The van der Waals surface area contributed by atoms with Crippen molar-refractivity contribution in [2.75, 3.05) is 39.6 Å². The molecule has 0 heterocycles. The van der Waals surface area contributed by atoms with Gasteiger partial charge in [0.2, 0.25) is 0 Å². The van der Waals surface area contributed by atoms with Crippen molar-refractivity contribution in [3.05, 3.63) is 0 Å². The molecule has 83 heavy (non-hydrogen) atoms. The second-order valence-corrected chi connectivity index (χ2v) is 27.0. The first kappa shape index (κ1) is 81.1. The van der Waals surface area contributed by atoms with E-state index in [1.54, 1.807) is 0 Å². The van der Waals surface area contributed by atoms with E-state index in [0.717, 1.165) is 95.8 Å². The third-order valence-electron chi connectivity index (χ3n) is 14.7. The van der Waals surface area contributed by atoms with E-state index in [0.29, 0.717) is 31.6 Å². The van der Waals surface area contributed by atoms with Gasteiger partial charge >= 0.3 is 39.5 Å². The Kier molecular flexibility index (Phi) is 55.2. The van der Waals surface area contributed by atoms with Crippen LogP contribution in [-0.2, 0) is 65.4 Å². The fourth-order valence-corrected chi connectivity index (χ4v) is 11.1. The van der Waals surface area contributed by atoms with Crippen molar-refractivity contribution >= 4 is 39.5 Å². The summed E-state index contributed by atoms with van der Waals surface area (Å²) in [5.74, 6) is -0.692. The molecule has 0 aliphatic carbocycles. The van der Waals surface area contributed by atoms with E-state index in [2.05, 4.69) is 41.5 Å². The van der Waals surface area contributed by atoms with Gasteiger partial charge in [-0.1, -0.05) is 266 Å². The van der Waals surface area contributed by atoms with Gasteiger partial charge in [0.15, 0.2) is 12.2 Å². The van der Waals surface area contributed by atoms with Gasteiger partial charge in [-0.25, -0.2) is 9.13 Å². The predicted molar refractivity (Wildman–Crippen MR) is 331 cm³/mol. The average Bonchev–Trinajstić information content (AvgIpc) is 3.47. The number of carbonyl (C=O) groups is 4. The predicted octanol–water partition coefficient (Wildman–Crippen LogP) is 17.7. The van der Waals surface area contributed by atoms with Crippen molar-refractivity contribution in [1.29, 1.82) is 0 Å². The number of hydrogen-bond donors (Lipinski definition) is 3. The summed E-state index contributed by atoms with van der Waals surface area (Å²) in [4.78, 5) is 72.1. The SMILES string of the molecule is CCCCCCCCCCCCC(=O)OC[C@H](COP(=O)(O)OC[C@@H](O)COP(=O)(O)OC[C@@H](COC(=O)CCCCCCCCCCC)OC(=O)CCCCCCCCC(C)C)OC(=O)CCCCCCCCCCCCCCC(C)C. The van der Waals surface area contributed by atoms with Crippen molar-refractivity contribution in [2.24, 2.45) is 11.8 Å². The van der Waals surface area contributed by atoms with Gasteiger partial charge in [-0.2, -0.15) is 0 Å². The highest BCUT2D eigenvalue weighted by atomic mass is 31.2. The quantitative estimate of drug-likeness (QED) is 0.0222. The standard InChI is InChI=1S/C64H124O17P2/c1-7-9-11-13-15-17-24-28-35-41-47-62(67)75-52-59(80-63(68)48-42-36-29-25-21-19-18-20-23-26-32-38-44-56(3)4)54-78-82(70,71)76-50-58(65)51-77-83(72,73)79-55-60(81-64(69)49-43-37-31-30-33-39-45-57(5)6)53-74-61(66)46-40-34-27-22-16-14-12-10-8-2/h56-60,65H,7-55H2,1-6H3,(H,70,71)(H,72,73)/t58-,59-,60-/m1/s1. The molecule has 0 amide bonds. The molecule has 0 saturated carbocycles. The highest BCUT2D eigenvalue weighted by Crippen LogP contribution is 2.45. The van der Waals surface area contributed by atoms with Crippen LogP contribution in [0, 0.1) is 11.8 Å². The van der Waals surface area contributed by atoms with Crippen LogP contribution in [0.1, 0.15) is 318 Å². The molecule has 3 N–H and O–H groups in total. The Morgan fingerprint density at radius 3 is 0.819 bits per heavy atom. The van der Waals surface area contributed by atoms with Gasteiger partial charge in [0, 0.05) is 25.7 Å². The Hall–Kier alpha value is -1.94. The second-order valence-electron chi connectivity index (χ2n) is 24.1. The zero-order chi connectivity index (χ0) is 61.5. The zero-order valence-electron chi connectivity index (χ0n) is 53.5. The summed E-state index contributed by atoms with van der Waals surface area (Å²) in [7, 11) is -9.88. The van der Waals surface area contributed by atoms with Crippen LogP contribution in [0.15, 0.2) is 0 Å². The summed E-state index contributed by atoms with van der Waals surface area (Å²) in [6.07, 6.45) is 39.1. The van der Waals surface area contributed by atoms with Crippen LogP contribution in [0.2, 0.25) is 0 Å². The van der Waals surface area contributed by atoms with Crippen LogP contribution < -0.4 is 0 Å². The fourth-order valence-electron chi connectivity index (χ4n) is 9.53. The molecule has 0 spiro atoms. The Labute approximate surface area is 505 Å². The largest absolute Gasteiger partial charge is 0.472 e.